The molecule has 2 N–H and O–H groups in total. The number of benzene rings is 1. The van der Waals surface area contributed by atoms with Crippen LogP contribution >= 0.6 is 12.6 Å². The van der Waals surface area contributed by atoms with E-state index in [2.05, 4.69) is 12.6 Å². The topological polar surface area (TPSA) is 61.2 Å². The quantitative estimate of drug-likeness (QED) is 0.750. The molecular formula is C10H12N2O2S. The Morgan fingerprint density at radius 2 is 2.33 bits per heavy atom. The monoisotopic (exact) mass is 224 g/mol. The van der Waals surface area contributed by atoms with E-state index in [1.165, 1.54) is 4.57 Å². The van der Waals surface area contributed by atoms with Gasteiger partial charge >= 0.3 is 5.76 Å². The number of hydrogen-bond acceptors (Lipinski definition) is 4. The van der Waals surface area contributed by atoms with E-state index in [9.17, 15) is 4.79 Å². The molecule has 0 amide bonds. The maximum absolute atomic E-state index is 11.2. The van der Waals surface area contributed by atoms with Crippen molar-refractivity contribution in [3.63, 3.8) is 0 Å². The molecule has 0 fully saturated rings. The van der Waals surface area contributed by atoms with Crippen molar-refractivity contribution < 1.29 is 4.42 Å². The second-order valence-corrected chi connectivity index (χ2v) is 3.81. The number of aromatic nitrogens is 1. The highest BCUT2D eigenvalue weighted by molar-refractivity contribution is 7.80. The molecule has 0 bridgehead atoms. The number of oxazole rings is 1. The highest BCUT2D eigenvalue weighted by atomic mass is 32.1. The second kappa shape index (κ2) is 3.75. The predicted octanol–water partition coefficient (Wildman–Crippen LogP) is 1.06. The van der Waals surface area contributed by atoms with Crippen LogP contribution in [-0.4, -0.2) is 10.3 Å². The number of hydrogen-bond donors (Lipinski definition) is 2. The minimum Gasteiger partial charge on any atom is -0.408 e. The highest BCUT2D eigenvalue weighted by Crippen LogP contribution is 2.18. The average molecular weight is 224 g/mol. The summed E-state index contributed by atoms with van der Waals surface area (Å²) in [6.07, 6.45) is 0. The van der Waals surface area contributed by atoms with Gasteiger partial charge in [-0.1, -0.05) is 6.07 Å². The molecule has 2 aromatic rings. The summed E-state index contributed by atoms with van der Waals surface area (Å²) >= 11 is 4.14. The van der Waals surface area contributed by atoms with Gasteiger partial charge in [-0.2, -0.15) is 12.6 Å². The van der Waals surface area contributed by atoms with Gasteiger partial charge in [0.25, 0.3) is 0 Å². The van der Waals surface area contributed by atoms with Crippen LogP contribution in [0.15, 0.2) is 27.4 Å². The lowest BCUT2D eigenvalue weighted by atomic mass is 10.1. The first-order valence-corrected chi connectivity index (χ1v) is 5.22. The largest absolute Gasteiger partial charge is 0.419 e. The zero-order valence-corrected chi connectivity index (χ0v) is 9.20. The first-order valence-electron chi connectivity index (χ1n) is 4.59. The van der Waals surface area contributed by atoms with E-state index in [1.807, 2.05) is 12.1 Å². The summed E-state index contributed by atoms with van der Waals surface area (Å²) in [6.45, 7) is 0. The van der Waals surface area contributed by atoms with Crippen molar-refractivity contribution in [1.29, 1.82) is 0 Å². The third-order valence-electron chi connectivity index (χ3n) is 2.44. The van der Waals surface area contributed by atoms with Crippen molar-refractivity contribution >= 4 is 23.7 Å². The Kier molecular flexibility index (Phi) is 2.58. The molecule has 1 aromatic heterocycles. The Morgan fingerprint density at radius 3 is 3.00 bits per heavy atom. The van der Waals surface area contributed by atoms with Gasteiger partial charge in [-0.05, 0) is 17.7 Å². The van der Waals surface area contributed by atoms with Gasteiger partial charge in [0.05, 0.1) is 5.52 Å². The fourth-order valence-electron chi connectivity index (χ4n) is 1.48. The van der Waals surface area contributed by atoms with Gasteiger partial charge in [0.2, 0.25) is 0 Å². The SMILES string of the molecule is Cn1c(=O)oc2ccc(C(N)CS)cc21. The number of fused-ring (bicyclic) bond motifs is 1. The molecule has 0 saturated heterocycles. The first kappa shape index (κ1) is 10.3. The Labute approximate surface area is 92.1 Å². The minimum atomic E-state index is -0.360. The number of nitrogens with zero attached hydrogens (tertiary/aromatic N) is 1. The molecule has 80 valence electrons. The van der Waals surface area contributed by atoms with Crippen LogP contribution in [0.4, 0.5) is 0 Å². The summed E-state index contributed by atoms with van der Waals surface area (Å²) in [6, 6.07) is 5.35. The predicted molar refractivity (Wildman–Crippen MR) is 62.2 cm³/mol. The van der Waals surface area contributed by atoms with Crippen LogP contribution in [0, 0.1) is 0 Å². The highest BCUT2D eigenvalue weighted by Gasteiger charge is 2.09. The molecule has 0 spiro atoms. The fourth-order valence-corrected chi connectivity index (χ4v) is 1.69. The van der Waals surface area contributed by atoms with Gasteiger partial charge in [0.1, 0.15) is 0 Å². The molecule has 0 aliphatic rings. The summed E-state index contributed by atoms with van der Waals surface area (Å²) in [7, 11) is 1.67. The van der Waals surface area contributed by atoms with Gasteiger partial charge < -0.3 is 10.2 Å². The first-order chi connectivity index (χ1) is 7.13. The molecule has 0 aliphatic carbocycles. The van der Waals surface area contributed by atoms with E-state index in [4.69, 9.17) is 10.2 Å². The van der Waals surface area contributed by atoms with Crippen LogP contribution in [0.1, 0.15) is 11.6 Å². The van der Waals surface area contributed by atoms with Gasteiger partial charge in [0.15, 0.2) is 5.58 Å². The van der Waals surface area contributed by atoms with Crippen molar-refractivity contribution in [3.05, 3.63) is 34.3 Å². The smallest absolute Gasteiger partial charge is 0.408 e. The lowest BCUT2D eigenvalue weighted by Crippen LogP contribution is -2.12. The normalized spacial score (nSPS) is 13.3. The number of aryl methyl sites for hydroxylation is 1. The Morgan fingerprint density at radius 1 is 1.60 bits per heavy atom. The average Bonchev–Trinajstić information content (AvgIpc) is 2.54. The van der Waals surface area contributed by atoms with Crippen molar-refractivity contribution in [2.75, 3.05) is 5.75 Å². The molecule has 0 aliphatic heterocycles. The molecule has 1 unspecified atom stereocenters. The van der Waals surface area contributed by atoms with Crippen molar-refractivity contribution in [1.82, 2.24) is 4.57 Å². The fraction of sp³-hybridized carbons (Fsp3) is 0.300. The summed E-state index contributed by atoms with van der Waals surface area (Å²) in [5, 5.41) is 0. The Hall–Kier alpha value is -1.20. The zero-order valence-electron chi connectivity index (χ0n) is 8.30. The van der Waals surface area contributed by atoms with E-state index in [0.717, 1.165) is 11.1 Å². The maximum atomic E-state index is 11.2. The van der Waals surface area contributed by atoms with Crippen LogP contribution < -0.4 is 11.5 Å². The summed E-state index contributed by atoms with van der Waals surface area (Å²) in [5.41, 5.74) is 8.14. The van der Waals surface area contributed by atoms with Gasteiger partial charge in [0, 0.05) is 18.8 Å². The number of nitrogens with two attached hydrogens (primary N) is 1. The molecule has 4 nitrogen and oxygen atoms in total. The van der Waals surface area contributed by atoms with Gasteiger partial charge in [-0.25, -0.2) is 4.79 Å². The Bertz CT molecular complexity index is 544. The van der Waals surface area contributed by atoms with Gasteiger partial charge in [-0.15, -0.1) is 0 Å². The molecule has 0 saturated carbocycles. The van der Waals surface area contributed by atoms with Crippen LogP contribution in [-0.2, 0) is 7.05 Å². The second-order valence-electron chi connectivity index (χ2n) is 3.44. The van der Waals surface area contributed by atoms with E-state index in [-0.39, 0.29) is 11.8 Å². The van der Waals surface area contributed by atoms with E-state index >= 15 is 0 Å². The Balaban J connectivity index is 2.64. The van der Waals surface area contributed by atoms with Crippen LogP contribution in [0.5, 0.6) is 0 Å². The van der Waals surface area contributed by atoms with Crippen LogP contribution in [0.3, 0.4) is 0 Å². The third-order valence-corrected chi connectivity index (χ3v) is 2.83. The van der Waals surface area contributed by atoms with Crippen molar-refractivity contribution in [2.45, 2.75) is 6.04 Å². The summed E-state index contributed by atoms with van der Waals surface area (Å²) in [5.74, 6) is 0.207. The third kappa shape index (κ3) is 1.68. The van der Waals surface area contributed by atoms with E-state index < -0.39 is 0 Å². The number of rotatable bonds is 2. The molecule has 1 heterocycles. The zero-order chi connectivity index (χ0) is 11.0. The van der Waals surface area contributed by atoms with Crippen molar-refractivity contribution in [2.24, 2.45) is 12.8 Å². The number of thiol groups is 1. The maximum Gasteiger partial charge on any atom is 0.419 e. The molecule has 1 aromatic carbocycles. The van der Waals surface area contributed by atoms with Crippen molar-refractivity contribution in [3.8, 4) is 0 Å². The molecular weight excluding hydrogens is 212 g/mol. The molecule has 0 radical (unpaired) electrons. The summed E-state index contributed by atoms with van der Waals surface area (Å²) < 4.78 is 6.48. The molecule has 1 atom stereocenters. The molecule has 15 heavy (non-hydrogen) atoms. The van der Waals surface area contributed by atoms with E-state index in [1.54, 1.807) is 13.1 Å². The van der Waals surface area contributed by atoms with E-state index in [0.29, 0.717) is 11.3 Å². The molecule has 5 heteroatoms. The standard InChI is InChI=1S/C10H12N2O2S/c1-12-8-4-6(7(11)5-15)2-3-9(8)14-10(12)13/h2-4,7,15H,5,11H2,1H3. The minimum absolute atomic E-state index is 0.122. The summed E-state index contributed by atoms with van der Waals surface area (Å²) in [4.78, 5) is 11.2. The lowest BCUT2D eigenvalue weighted by Gasteiger charge is -2.07. The molecule has 2 rings (SSSR count). The lowest BCUT2D eigenvalue weighted by molar-refractivity contribution is 0.528. The van der Waals surface area contributed by atoms with Crippen LogP contribution in [0.2, 0.25) is 0 Å². The van der Waals surface area contributed by atoms with Crippen LogP contribution in [0.25, 0.3) is 11.1 Å². The van der Waals surface area contributed by atoms with Gasteiger partial charge in [-0.3, -0.25) is 4.57 Å².